The van der Waals surface area contributed by atoms with Gasteiger partial charge in [0.05, 0.1) is 12.5 Å². The summed E-state index contributed by atoms with van der Waals surface area (Å²) in [5.74, 6) is -0.287. The van der Waals surface area contributed by atoms with E-state index >= 15 is 0 Å². The summed E-state index contributed by atoms with van der Waals surface area (Å²) in [6, 6.07) is -0.489. The smallest absolute Gasteiger partial charge is 0.237 e. The Bertz CT molecular complexity index is 248. The number of nitrogens with one attached hydrogen (secondary N) is 5. The summed E-state index contributed by atoms with van der Waals surface area (Å²) in [6.07, 6.45) is 0.144. The third-order valence-corrected chi connectivity index (χ3v) is 2.43. The van der Waals surface area contributed by atoms with E-state index in [1.807, 2.05) is 14.1 Å². The first-order valence-electron chi connectivity index (χ1n) is 6.16. The Morgan fingerprint density at radius 3 is 1.94 bits per heavy atom. The fourth-order valence-electron chi connectivity index (χ4n) is 1.34. The topological polar surface area (TPSA) is 94.3 Å². The van der Waals surface area contributed by atoms with Gasteiger partial charge in [-0.05, 0) is 21.1 Å². The molecule has 0 saturated carbocycles. The molecule has 0 aliphatic carbocycles. The molecule has 1 atom stereocenters. The van der Waals surface area contributed by atoms with Gasteiger partial charge in [0.2, 0.25) is 11.8 Å². The van der Waals surface area contributed by atoms with Crippen molar-refractivity contribution >= 4 is 11.8 Å². The van der Waals surface area contributed by atoms with Crippen molar-refractivity contribution in [2.24, 2.45) is 0 Å². The first kappa shape index (κ1) is 16.8. The number of carbonyl (C=O) groups excluding carboxylic acids is 2. The molecule has 7 nitrogen and oxygen atoms in total. The lowest BCUT2D eigenvalue weighted by Gasteiger charge is -2.15. The number of rotatable bonds is 10. The van der Waals surface area contributed by atoms with E-state index in [9.17, 15) is 9.59 Å². The lowest BCUT2D eigenvalue weighted by Crippen LogP contribution is -2.47. The first-order chi connectivity index (χ1) is 8.65. The predicted molar refractivity (Wildman–Crippen MR) is 71.3 cm³/mol. The van der Waals surface area contributed by atoms with Crippen molar-refractivity contribution in [3.8, 4) is 0 Å². The molecule has 0 aliphatic heterocycles. The maximum absolute atomic E-state index is 11.7. The molecule has 0 unspecified atom stereocenters. The van der Waals surface area contributed by atoms with Gasteiger partial charge in [-0.25, -0.2) is 0 Å². The van der Waals surface area contributed by atoms with Gasteiger partial charge >= 0.3 is 0 Å². The van der Waals surface area contributed by atoms with Crippen LogP contribution in [0.15, 0.2) is 0 Å². The van der Waals surface area contributed by atoms with Gasteiger partial charge in [0.25, 0.3) is 0 Å². The van der Waals surface area contributed by atoms with Gasteiger partial charge in [0, 0.05) is 26.2 Å². The molecule has 106 valence electrons. The van der Waals surface area contributed by atoms with Crippen LogP contribution >= 0.6 is 0 Å². The fourth-order valence-corrected chi connectivity index (χ4v) is 1.34. The van der Waals surface area contributed by atoms with Crippen molar-refractivity contribution in [3.63, 3.8) is 0 Å². The second-order valence-electron chi connectivity index (χ2n) is 3.89. The summed E-state index contributed by atoms with van der Waals surface area (Å²) < 4.78 is 0. The monoisotopic (exact) mass is 259 g/mol. The molecular weight excluding hydrogens is 234 g/mol. The number of carbonyl (C=O) groups is 2. The molecular formula is C11H25N5O2. The summed E-state index contributed by atoms with van der Waals surface area (Å²) in [7, 11) is 5.30. The Morgan fingerprint density at radius 1 is 0.889 bits per heavy atom. The number of likely N-dealkylation sites (N-methyl/N-ethyl adjacent to an activating group) is 3. The molecule has 0 fully saturated rings. The van der Waals surface area contributed by atoms with Crippen LogP contribution in [-0.4, -0.2) is 65.2 Å². The summed E-state index contributed by atoms with van der Waals surface area (Å²) in [5, 5.41) is 14.2. The molecule has 0 rings (SSSR count). The highest BCUT2D eigenvalue weighted by molar-refractivity contribution is 5.88. The molecule has 0 saturated heterocycles. The van der Waals surface area contributed by atoms with Crippen LogP contribution in [0, 0.1) is 0 Å². The van der Waals surface area contributed by atoms with E-state index in [-0.39, 0.29) is 18.2 Å². The average Bonchev–Trinajstić information content (AvgIpc) is 2.36. The van der Waals surface area contributed by atoms with Gasteiger partial charge < -0.3 is 26.6 Å². The van der Waals surface area contributed by atoms with Gasteiger partial charge in [-0.2, -0.15) is 0 Å². The van der Waals surface area contributed by atoms with Crippen LogP contribution in [0.5, 0.6) is 0 Å². The van der Waals surface area contributed by atoms with E-state index in [4.69, 9.17) is 0 Å². The SMILES string of the molecule is CNCCNC(=O)C[C@H](NC)C(=O)NCCNC. The molecule has 0 heterocycles. The first-order valence-corrected chi connectivity index (χ1v) is 6.16. The van der Waals surface area contributed by atoms with Crippen LogP contribution in [0.4, 0.5) is 0 Å². The molecule has 7 heteroatoms. The molecule has 0 aromatic rings. The highest BCUT2D eigenvalue weighted by Gasteiger charge is 2.19. The van der Waals surface area contributed by atoms with Crippen LogP contribution < -0.4 is 26.6 Å². The highest BCUT2D eigenvalue weighted by Crippen LogP contribution is 1.91. The van der Waals surface area contributed by atoms with E-state index < -0.39 is 6.04 Å². The zero-order valence-corrected chi connectivity index (χ0v) is 11.4. The summed E-state index contributed by atoms with van der Waals surface area (Å²) in [4.78, 5) is 23.3. The lowest BCUT2D eigenvalue weighted by atomic mass is 10.2. The molecule has 18 heavy (non-hydrogen) atoms. The Labute approximate surface area is 108 Å². The van der Waals surface area contributed by atoms with Gasteiger partial charge in [-0.3, -0.25) is 9.59 Å². The Balaban J connectivity index is 3.93. The molecule has 0 radical (unpaired) electrons. The lowest BCUT2D eigenvalue weighted by molar-refractivity contribution is -0.128. The zero-order chi connectivity index (χ0) is 13.8. The molecule has 0 bridgehead atoms. The minimum absolute atomic E-state index is 0.131. The standard InChI is InChI=1S/C11H25N5O2/c1-12-4-6-15-10(17)8-9(14-3)11(18)16-7-5-13-2/h9,12-14H,4-8H2,1-3H3,(H,15,17)(H,16,18)/t9-/m0/s1. The third kappa shape index (κ3) is 7.99. The van der Waals surface area contributed by atoms with Crippen molar-refractivity contribution in [3.05, 3.63) is 0 Å². The van der Waals surface area contributed by atoms with Crippen molar-refractivity contribution in [2.75, 3.05) is 47.3 Å². The minimum atomic E-state index is -0.489. The van der Waals surface area contributed by atoms with Crippen LogP contribution in [0.2, 0.25) is 0 Å². The fraction of sp³-hybridized carbons (Fsp3) is 0.818. The number of amides is 2. The van der Waals surface area contributed by atoms with Crippen LogP contribution in [-0.2, 0) is 9.59 Å². The number of hydrogen-bond acceptors (Lipinski definition) is 5. The average molecular weight is 259 g/mol. The van der Waals surface area contributed by atoms with Crippen molar-refractivity contribution in [2.45, 2.75) is 12.5 Å². The second kappa shape index (κ2) is 10.9. The van der Waals surface area contributed by atoms with Crippen LogP contribution in [0.1, 0.15) is 6.42 Å². The maximum atomic E-state index is 11.7. The van der Waals surface area contributed by atoms with E-state index in [0.717, 1.165) is 0 Å². The Hall–Kier alpha value is -1.18. The van der Waals surface area contributed by atoms with Gasteiger partial charge in [0.15, 0.2) is 0 Å². The molecule has 0 aromatic heterocycles. The van der Waals surface area contributed by atoms with Gasteiger partial charge in [0.1, 0.15) is 0 Å². The summed E-state index contributed by atoms with van der Waals surface area (Å²) in [5.41, 5.74) is 0. The van der Waals surface area contributed by atoms with E-state index in [1.54, 1.807) is 7.05 Å². The molecule has 0 aliphatic rings. The third-order valence-electron chi connectivity index (χ3n) is 2.43. The van der Waals surface area contributed by atoms with Crippen molar-refractivity contribution in [1.29, 1.82) is 0 Å². The van der Waals surface area contributed by atoms with Gasteiger partial charge in [-0.1, -0.05) is 0 Å². The molecule has 2 amide bonds. The predicted octanol–water partition coefficient (Wildman–Crippen LogP) is -2.36. The maximum Gasteiger partial charge on any atom is 0.237 e. The van der Waals surface area contributed by atoms with E-state index in [1.165, 1.54) is 0 Å². The Kier molecular flexibility index (Phi) is 10.2. The van der Waals surface area contributed by atoms with Crippen molar-refractivity contribution < 1.29 is 9.59 Å². The quantitative estimate of drug-likeness (QED) is 0.283. The van der Waals surface area contributed by atoms with E-state index in [2.05, 4.69) is 26.6 Å². The van der Waals surface area contributed by atoms with Crippen LogP contribution in [0.25, 0.3) is 0 Å². The largest absolute Gasteiger partial charge is 0.355 e. The number of hydrogen-bond donors (Lipinski definition) is 5. The molecule has 0 aromatic carbocycles. The highest BCUT2D eigenvalue weighted by atomic mass is 16.2. The Morgan fingerprint density at radius 2 is 1.44 bits per heavy atom. The van der Waals surface area contributed by atoms with Crippen LogP contribution in [0.3, 0.4) is 0 Å². The summed E-state index contributed by atoms with van der Waals surface area (Å²) >= 11 is 0. The molecule has 0 spiro atoms. The normalized spacial score (nSPS) is 11.9. The minimum Gasteiger partial charge on any atom is -0.355 e. The van der Waals surface area contributed by atoms with E-state index in [0.29, 0.717) is 26.2 Å². The summed E-state index contributed by atoms with van der Waals surface area (Å²) in [6.45, 7) is 2.53. The van der Waals surface area contributed by atoms with Crippen molar-refractivity contribution in [1.82, 2.24) is 26.6 Å². The molecule has 5 N–H and O–H groups in total. The second-order valence-corrected chi connectivity index (χ2v) is 3.89. The zero-order valence-electron chi connectivity index (χ0n) is 11.4. The van der Waals surface area contributed by atoms with Gasteiger partial charge in [-0.15, -0.1) is 0 Å².